The molecular weight excluding hydrogens is 268 g/mol. The second-order valence-corrected chi connectivity index (χ2v) is 7.39. The van der Waals surface area contributed by atoms with Crippen LogP contribution in [-0.2, 0) is 4.74 Å². The van der Waals surface area contributed by atoms with Gasteiger partial charge in [-0.25, -0.2) is 4.79 Å². The summed E-state index contributed by atoms with van der Waals surface area (Å²) in [6.45, 7) is 7.41. The zero-order chi connectivity index (χ0) is 15.5. The van der Waals surface area contributed by atoms with E-state index in [2.05, 4.69) is 5.32 Å². The maximum atomic E-state index is 12.2. The zero-order valence-corrected chi connectivity index (χ0v) is 13.6. The van der Waals surface area contributed by atoms with Gasteiger partial charge in [-0.2, -0.15) is 0 Å². The van der Waals surface area contributed by atoms with E-state index in [1.165, 1.54) is 12.8 Å². The minimum absolute atomic E-state index is 0.202. The van der Waals surface area contributed by atoms with E-state index in [1.807, 2.05) is 25.7 Å². The van der Waals surface area contributed by atoms with Crippen molar-refractivity contribution in [3.8, 4) is 0 Å². The number of aliphatic hydroxyl groups is 1. The maximum absolute atomic E-state index is 12.2. The largest absolute Gasteiger partial charge is 0.444 e. The molecular formula is C16H30N2O3. The number of hydrogen-bond donors (Lipinski definition) is 2. The number of amides is 1. The Labute approximate surface area is 128 Å². The van der Waals surface area contributed by atoms with Gasteiger partial charge >= 0.3 is 6.09 Å². The third-order valence-corrected chi connectivity index (χ3v) is 4.15. The third kappa shape index (κ3) is 5.47. The van der Waals surface area contributed by atoms with Crippen LogP contribution in [0, 0.1) is 5.92 Å². The number of nitrogens with one attached hydrogen (secondary N) is 1. The molecule has 2 aliphatic rings. The molecule has 0 aromatic carbocycles. The zero-order valence-electron chi connectivity index (χ0n) is 13.6. The highest BCUT2D eigenvalue weighted by Gasteiger charge is 2.34. The second kappa shape index (κ2) is 6.97. The fourth-order valence-corrected chi connectivity index (χ4v) is 2.98. The molecule has 1 heterocycles. The summed E-state index contributed by atoms with van der Waals surface area (Å²) in [5.41, 5.74) is -0.444. The van der Waals surface area contributed by atoms with E-state index in [4.69, 9.17) is 4.74 Å². The third-order valence-electron chi connectivity index (χ3n) is 4.15. The van der Waals surface area contributed by atoms with Gasteiger partial charge in [-0.3, -0.25) is 0 Å². The molecule has 2 N–H and O–H groups in total. The number of nitrogens with zero attached hydrogens (tertiary/aromatic N) is 1. The van der Waals surface area contributed by atoms with E-state index < -0.39 is 5.60 Å². The summed E-state index contributed by atoms with van der Waals surface area (Å²) in [7, 11) is 0. The van der Waals surface area contributed by atoms with E-state index in [0.717, 1.165) is 32.4 Å². The van der Waals surface area contributed by atoms with E-state index in [-0.39, 0.29) is 12.7 Å². The van der Waals surface area contributed by atoms with Gasteiger partial charge in [0, 0.05) is 31.8 Å². The number of likely N-dealkylation sites (tertiary alicyclic amines) is 1. The van der Waals surface area contributed by atoms with E-state index >= 15 is 0 Å². The van der Waals surface area contributed by atoms with Crippen molar-refractivity contribution in [2.24, 2.45) is 5.92 Å². The van der Waals surface area contributed by atoms with Gasteiger partial charge in [0.15, 0.2) is 0 Å². The molecule has 1 aliphatic carbocycles. The van der Waals surface area contributed by atoms with Crippen LogP contribution in [0.25, 0.3) is 0 Å². The average Bonchev–Trinajstić information content (AvgIpc) is 3.20. The minimum atomic E-state index is -0.444. The summed E-state index contributed by atoms with van der Waals surface area (Å²) >= 11 is 0. The van der Waals surface area contributed by atoms with Gasteiger partial charge in [0.2, 0.25) is 0 Å². The molecule has 0 radical (unpaired) electrons. The Bertz CT molecular complexity index is 350. The lowest BCUT2D eigenvalue weighted by Crippen LogP contribution is -2.49. The number of piperidine rings is 1. The van der Waals surface area contributed by atoms with E-state index in [0.29, 0.717) is 18.0 Å². The quantitative estimate of drug-likeness (QED) is 0.816. The summed E-state index contributed by atoms with van der Waals surface area (Å²) in [5.74, 6) is 0.416. The van der Waals surface area contributed by atoms with Crippen molar-refractivity contribution in [2.45, 2.75) is 70.6 Å². The SMILES string of the molecule is CC(C)(C)OC(=O)N1CCC[C@@H]([C@@H](CCO)NC2CC2)C1. The molecule has 0 bridgehead atoms. The van der Waals surface area contributed by atoms with Gasteiger partial charge < -0.3 is 20.1 Å². The second-order valence-electron chi connectivity index (χ2n) is 7.39. The molecule has 122 valence electrons. The normalized spacial score (nSPS) is 24.8. The highest BCUT2D eigenvalue weighted by Crippen LogP contribution is 2.27. The van der Waals surface area contributed by atoms with Crippen molar-refractivity contribution in [2.75, 3.05) is 19.7 Å². The van der Waals surface area contributed by atoms with Crippen LogP contribution in [0.2, 0.25) is 0 Å². The van der Waals surface area contributed by atoms with Gasteiger partial charge in [-0.1, -0.05) is 0 Å². The predicted octanol–water partition coefficient (Wildman–Crippen LogP) is 2.14. The van der Waals surface area contributed by atoms with Gasteiger partial charge in [0.05, 0.1) is 0 Å². The van der Waals surface area contributed by atoms with E-state index in [1.54, 1.807) is 0 Å². The number of hydrogen-bond acceptors (Lipinski definition) is 4. The molecule has 1 aliphatic heterocycles. The molecule has 2 atom stereocenters. The Balaban J connectivity index is 1.89. The standard InChI is InChI=1S/C16H30N2O3/c1-16(2,3)21-15(20)18-9-4-5-12(11-18)14(8-10-19)17-13-6-7-13/h12-14,17,19H,4-11H2,1-3H3/t12-,14-/m1/s1. The van der Waals surface area contributed by atoms with Gasteiger partial charge in [-0.15, -0.1) is 0 Å². The summed E-state index contributed by atoms with van der Waals surface area (Å²) < 4.78 is 5.48. The van der Waals surface area contributed by atoms with Crippen LogP contribution in [0.1, 0.15) is 52.9 Å². The van der Waals surface area contributed by atoms with Crippen LogP contribution in [-0.4, -0.2) is 53.5 Å². The smallest absolute Gasteiger partial charge is 0.410 e. The molecule has 0 aromatic heterocycles. The van der Waals surface area contributed by atoms with Crippen molar-refractivity contribution in [1.29, 1.82) is 0 Å². The van der Waals surface area contributed by atoms with Crippen LogP contribution in [0.4, 0.5) is 4.79 Å². The Hall–Kier alpha value is -0.810. The molecule has 5 nitrogen and oxygen atoms in total. The van der Waals surface area contributed by atoms with Gasteiger partial charge in [-0.05, 0) is 58.8 Å². The first-order valence-corrected chi connectivity index (χ1v) is 8.24. The van der Waals surface area contributed by atoms with Crippen molar-refractivity contribution >= 4 is 6.09 Å². The number of rotatable bonds is 5. The predicted molar refractivity (Wildman–Crippen MR) is 82.2 cm³/mol. The Morgan fingerprint density at radius 2 is 2.10 bits per heavy atom. The summed E-state index contributed by atoms with van der Waals surface area (Å²) in [6.07, 6.45) is 5.17. The van der Waals surface area contributed by atoms with Gasteiger partial charge in [0.25, 0.3) is 0 Å². The number of carbonyl (C=O) groups is 1. The van der Waals surface area contributed by atoms with Gasteiger partial charge in [0.1, 0.15) is 5.60 Å². The van der Waals surface area contributed by atoms with Crippen molar-refractivity contribution < 1.29 is 14.6 Å². The molecule has 2 rings (SSSR count). The topological polar surface area (TPSA) is 61.8 Å². The molecule has 1 saturated heterocycles. The lowest BCUT2D eigenvalue weighted by atomic mass is 9.89. The van der Waals surface area contributed by atoms with Crippen LogP contribution in [0.15, 0.2) is 0 Å². The summed E-state index contributed by atoms with van der Waals surface area (Å²) in [5, 5.41) is 12.9. The van der Waals surface area contributed by atoms with Crippen LogP contribution in [0.5, 0.6) is 0 Å². The Morgan fingerprint density at radius 3 is 2.67 bits per heavy atom. The number of aliphatic hydroxyl groups excluding tert-OH is 1. The first-order valence-electron chi connectivity index (χ1n) is 8.24. The highest BCUT2D eigenvalue weighted by atomic mass is 16.6. The molecule has 21 heavy (non-hydrogen) atoms. The fourth-order valence-electron chi connectivity index (χ4n) is 2.98. The van der Waals surface area contributed by atoms with Crippen LogP contribution >= 0.6 is 0 Å². The molecule has 0 spiro atoms. The maximum Gasteiger partial charge on any atom is 0.410 e. The number of ether oxygens (including phenoxy) is 1. The Morgan fingerprint density at radius 1 is 1.38 bits per heavy atom. The monoisotopic (exact) mass is 298 g/mol. The average molecular weight is 298 g/mol. The first-order chi connectivity index (χ1) is 9.89. The first kappa shape index (κ1) is 16.6. The molecule has 2 fully saturated rings. The fraction of sp³-hybridized carbons (Fsp3) is 0.938. The van der Waals surface area contributed by atoms with Crippen LogP contribution < -0.4 is 5.32 Å². The van der Waals surface area contributed by atoms with Crippen molar-refractivity contribution in [3.05, 3.63) is 0 Å². The summed E-state index contributed by atoms with van der Waals surface area (Å²) in [4.78, 5) is 14.0. The molecule has 0 aromatic rings. The molecule has 1 amide bonds. The Kier molecular flexibility index (Phi) is 5.49. The van der Waals surface area contributed by atoms with Crippen molar-refractivity contribution in [1.82, 2.24) is 10.2 Å². The number of carbonyl (C=O) groups excluding carboxylic acids is 1. The lowest BCUT2D eigenvalue weighted by molar-refractivity contribution is 0.0138. The van der Waals surface area contributed by atoms with Crippen molar-refractivity contribution in [3.63, 3.8) is 0 Å². The van der Waals surface area contributed by atoms with E-state index in [9.17, 15) is 9.90 Å². The molecule has 1 saturated carbocycles. The van der Waals surface area contributed by atoms with Crippen LogP contribution in [0.3, 0.4) is 0 Å². The lowest BCUT2D eigenvalue weighted by Gasteiger charge is -2.38. The molecule has 0 unspecified atom stereocenters. The minimum Gasteiger partial charge on any atom is -0.444 e. The summed E-state index contributed by atoms with van der Waals surface area (Å²) in [6, 6.07) is 0.936. The highest BCUT2D eigenvalue weighted by molar-refractivity contribution is 5.68. The molecule has 5 heteroatoms.